The smallest absolute Gasteiger partial charge is 0.291 e. The molecule has 6 nitrogen and oxygen atoms in total. The zero-order valence-corrected chi connectivity index (χ0v) is 15.6. The molecule has 142 valence electrons. The second-order valence-electron chi connectivity index (χ2n) is 7.31. The first-order valence-corrected chi connectivity index (χ1v) is 9.63. The number of anilines is 2. The van der Waals surface area contributed by atoms with Crippen LogP contribution >= 0.6 is 11.6 Å². The minimum absolute atomic E-state index is 0.0561. The average Bonchev–Trinajstić information content (AvgIpc) is 3.34. The zero-order chi connectivity index (χ0) is 18.9. The van der Waals surface area contributed by atoms with Crippen molar-refractivity contribution in [3.8, 4) is 0 Å². The van der Waals surface area contributed by atoms with Gasteiger partial charge >= 0.3 is 0 Å². The van der Waals surface area contributed by atoms with Crippen LogP contribution in [-0.2, 0) is 4.79 Å². The fraction of sp³-hybridized carbons (Fsp3) is 0.400. The van der Waals surface area contributed by atoms with Crippen LogP contribution in [0.3, 0.4) is 0 Å². The van der Waals surface area contributed by atoms with Crippen LogP contribution in [0.1, 0.15) is 36.2 Å². The summed E-state index contributed by atoms with van der Waals surface area (Å²) in [7, 11) is 0. The predicted octanol–water partition coefficient (Wildman–Crippen LogP) is 3.90. The molecule has 27 heavy (non-hydrogen) atoms. The Morgan fingerprint density at radius 2 is 2.11 bits per heavy atom. The van der Waals surface area contributed by atoms with Gasteiger partial charge in [-0.1, -0.05) is 24.4 Å². The average molecular weight is 388 g/mol. The van der Waals surface area contributed by atoms with Crippen molar-refractivity contribution in [3.05, 3.63) is 47.4 Å². The van der Waals surface area contributed by atoms with Gasteiger partial charge in [-0.05, 0) is 55.6 Å². The number of amides is 2. The van der Waals surface area contributed by atoms with Gasteiger partial charge in [0.2, 0.25) is 5.91 Å². The second kappa shape index (κ2) is 7.37. The number of hydrogen-bond donors (Lipinski definition) is 3. The molecule has 1 saturated carbocycles. The number of furan rings is 1. The number of carbonyl (C=O) groups excluding carboxylic acids is 2. The van der Waals surface area contributed by atoms with Gasteiger partial charge in [0.1, 0.15) is 0 Å². The third-order valence-electron chi connectivity index (χ3n) is 5.71. The van der Waals surface area contributed by atoms with Gasteiger partial charge in [-0.25, -0.2) is 0 Å². The summed E-state index contributed by atoms with van der Waals surface area (Å²) < 4.78 is 5.07. The standard InChI is InChI=1S/C20H22ClN3O3/c21-15-10-14(6-7-16(15)24-18(25)17-5-3-9-27-17)23-19(26)20-8-2-1-4-13(20)11-22-12-20/h3,5-7,9-10,13,22H,1-2,4,8,11-12H2,(H,23,26)(H,24,25)/t13-,20+/m0/s1. The van der Waals surface area contributed by atoms with E-state index in [9.17, 15) is 9.59 Å². The van der Waals surface area contributed by atoms with Crippen molar-refractivity contribution in [2.45, 2.75) is 25.7 Å². The van der Waals surface area contributed by atoms with Crippen molar-refractivity contribution in [1.29, 1.82) is 0 Å². The molecule has 0 radical (unpaired) electrons. The topological polar surface area (TPSA) is 83.4 Å². The van der Waals surface area contributed by atoms with Crippen LogP contribution in [-0.4, -0.2) is 24.9 Å². The van der Waals surface area contributed by atoms with Gasteiger partial charge in [0.15, 0.2) is 5.76 Å². The Balaban J connectivity index is 1.46. The first-order chi connectivity index (χ1) is 13.1. The summed E-state index contributed by atoms with van der Waals surface area (Å²) in [6.07, 6.45) is 5.73. The van der Waals surface area contributed by atoms with Crippen molar-refractivity contribution < 1.29 is 14.0 Å². The maximum Gasteiger partial charge on any atom is 0.291 e. The van der Waals surface area contributed by atoms with Gasteiger partial charge in [0.25, 0.3) is 5.91 Å². The largest absolute Gasteiger partial charge is 0.459 e. The van der Waals surface area contributed by atoms with Gasteiger partial charge in [-0.3, -0.25) is 9.59 Å². The summed E-state index contributed by atoms with van der Waals surface area (Å²) in [6, 6.07) is 8.31. The van der Waals surface area contributed by atoms with Gasteiger partial charge in [-0.15, -0.1) is 0 Å². The van der Waals surface area contributed by atoms with Crippen molar-refractivity contribution in [2.24, 2.45) is 11.3 Å². The number of rotatable bonds is 4. The number of benzene rings is 1. The van der Waals surface area contributed by atoms with Crippen LogP contribution in [0.2, 0.25) is 5.02 Å². The quantitative estimate of drug-likeness (QED) is 0.742. The first kappa shape index (κ1) is 18.1. The summed E-state index contributed by atoms with van der Waals surface area (Å²) >= 11 is 6.30. The SMILES string of the molecule is O=C(Nc1ccc(NC(=O)[C@@]23CCCC[C@H]2CNC3)cc1Cl)c1ccco1. The summed E-state index contributed by atoms with van der Waals surface area (Å²) in [5, 5.41) is 9.47. The zero-order valence-electron chi connectivity index (χ0n) is 14.9. The van der Waals surface area contributed by atoms with E-state index in [0.29, 0.717) is 22.3 Å². The molecule has 0 spiro atoms. The second-order valence-corrected chi connectivity index (χ2v) is 7.72. The molecule has 0 unspecified atom stereocenters. The lowest BCUT2D eigenvalue weighted by molar-refractivity contribution is -0.128. The van der Waals surface area contributed by atoms with Crippen molar-refractivity contribution >= 4 is 34.8 Å². The van der Waals surface area contributed by atoms with E-state index in [4.69, 9.17) is 16.0 Å². The van der Waals surface area contributed by atoms with E-state index in [-0.39, 0.29) is 23.0 Å². The fourth-order valence-corrected chi connectivity index (χ4v) is 4.46. The minimum atomic E-state index is -0.375. The molecular weight excluding hydrogens is 366 g/mol. The lowest BCUT2D eigenvalue weighted by Gasteiger charge is -2.37. The minimum Gasteiger partial charge on any atom is -0.459 e. The molecule has 7 heteroatoms. The molecule has 1 aliphatic heterocycles. The molecule has 2 aliphatic rings. The highest BCUT2D eigenvalue weighted by Gasteiger charge is 2.49. The molecule has 2 heterocycles. The Hall–Kier alpha value is -2.31. The number of nitrogens with one attached hydrogen (secondary N) is 3. The molecule has 1 aliphatic carbocycles. The van der Waals surface area contributed by atoms with Crippen molar-refractivity contribution in [2.75, 3.05) is 23.7 Å². The van der Waals surface area contributed by atoms with E-state index in [0.717, 1.165) is 32.4 Å². The molecule has 1 saturated heterocycles. The monoisotopic (exact) mass is 387 g/mol. The molecule has 4 rings (SSSR count). The van der Waals surface area contributed by atoms with Gasteiger partial charge in [-0.2, -0.15) is 0 Å². The summed E-state index contributed by atoms with van der Waals surface area (Å²) in [4.78, 5) is 25.1. The summed E-state index contributed by atoms with van der Waals surface area (Å²) in [5.41, 5.74) is 0.774. The van der Waals surface area contributed by atoms with Crippen LogP contribution in [0.4, 0.5) is 11.4 Å². The lowest BCUT2D eigenvalue weighted by atomic mass is 9.67. The third kappa shape index (κ3) is 3.47. The van der Waals surface area contributed by atoms with Crippen LogP contribution < -0.4 is 16.0 Å². The molecule has 1 aromatic heterocycles. The molecular formula is C20H22ClN3O3. The van der Waals surface area contributed by atoms with Gasteiger partial charge < -0.3 is 20.4 Å². The third-order valence-corrected chi connectivity index (χ3v) is 6.02. The Kier molecular flexibility index (Phi) is 4.93. The first-order valence-electron chi connectivity index (χ1n) is 9.25. The highest BCUT2D eigenvalue weighted by molar-refractivity contribution is 6.34. The van der Waals surface area contributed by atoms with E-state index >= 15 is 0 Å². The van der Waals surface area contributed by atoms with E-state index in [1.165, 1.54) is 12.7 Å². The van der Waals surface area contributed by atoms with Crippen LogP contribution in [0.15, 0.2) is 41.0 Å². The number of hydrogen-bond acceptors (Lipinski definition) is 4. The highest BCUT2D eigenvalue weighted by atomic mass is 35.5. The highest BCUT2D eigenvalue weighted by Crippen LogP contribution is 2.44. The van der Waals surface area contributed by atoms with E-state index in [1.807, 2.05) is 0 Å². The molecule has 3 N–H and O–H groups in total. The maximum atomic E-state index is 13.0. The molecule has 2 atom stereocenters. The van der Waals surface area contributed by atoms with Crippen LogP contribution in [0, 0.1) is 11.3 Å². The van der Waals surface area contributed by atoms with Crippen LogP contribution in [0.25, 0.3) is 0 Å². The Morgan fingerprint density at radius 3 is 2.89 bits per heavy atom. The van der Waals surface area contributed by atoms with Crippen molar-refractivity contribution in [3.63, 3.8) is 0 Å². The van der Waals surface area contributed by atoms with Crippen molar-refractivity contribution in [1.82, 2.24) is 5.32 Å². The number of carbonyl (C=O) groups is 2. The summed E-state index contributed by atoms with van der Waals surface area (Å²) in [6.45, 7) is 1.64. The van der Waals surface area contributed by atoms with Gasteiger partial charge in [0.05, 0.1) is 22.4 Å². The molecule has 2 aromatic rings. The summed E-state index contributed by atoms with van der Waals surface area (Å²) in [5.74, 6) is 0.286. The van der Waals surface area contributed by atoms with E-state index in [1.54, 1.807) is 30.3 Å². The number of halogens is 1. The molecule has 0 bridgehead atoms. The Bertz CT molecular complexity index is 852. The molecule has 2 fully saturated rings. The van der Waals surface area contributed by atoms with Crippen LogP contribution in [0.5, 0.6) is 0 Å². The maximum absolute atomic E-state index is 13.0. The lowest BCUT2D eigenvalue weighted by Crippen LogP contribution is -2.44. The number of fused-ring (bicyclic) bond motifs is 1. The Morgan fingerprint density at radius 1 is 1.22 bits per heavy atom. The van der Waals surface area contributed by atoms with E-state index in [2.05, 4.69) is 16.0 Å². The fourth-order valence-electron chi connectivity index (χ4n) is 4.23. The molecule has 1 aromatic carbocycles. The van der Waals surface area contributed by atoms with E-state index < -0.39 is 0 Å². The van der Waals surface area contributed by atoms with Gasteiger partial charge in [0, 0.05) is 12.2 Å². The predicted molar refractivity (Wildman–Crippen MR) is 104 cm³/mol. The Labute approximate surface area is 162 Å². The molecule has 2 amide bonds. The normalized spacial score (nSPS) is 24.3.